The predicted octanol–water partition coefficient (Wildman–Crippen LogP) is 3.81. The molecule has 23 heavy (non-hydrogen) atoms. The van der Waals surface area contributed by atoms with Crippen LogP contribution in [0.3, 0.4) is 0 Å². The number of ether oxygens (including phenoxy) is 1. The van der Waals surface area contributed by atoms with Gasteiger partial charge in [0.1, 0.15) is 11.9 Å². The van der Waals surface area contributed by atoms with Gasteiger partial charge in [-0.2, -0.15) is 0 Å². The molecule has 126 valence electrons. The van der Waals surface area contributed by atoms with E-state index in [1.165, 1.54) is 32.1 Å². The molecule has 1 saturated heterocycles. The van der Waals surface area contributed by atoms with Gasteiger partial charge < -0.3 is 9.64 Å². The fraction of sp³-hybridized carbons (Fsp3) is 0.684. The van der Waals surface area contributed by atoms with E-state index < -0.39 is 0 Å². The third kappa shape index (κ3) is 4.95. The summed E-state index contributed by atoms with van der Waals surface area (Å²) in [7, 11) is 0. The monoisotopic (exact) mass is 316 g/mol. The number of hydrogen-bond donors (Lipinski definition) is 0. The van der Waals surface area contributed by atoms with Crippen LogP contribution >= 0.6 is 0 Å². The highest BCUT2D eigenvalue weighted by Gasteiger charge is 2.24. The zero-order valence-corrected chi connectivity index (χ0v) is 14.0. The summed E-state index contributed by atoms with van der Waals surface area (Å²) in [5, 5.41) is 0. The normalized spacial score (nSPS) is 20.4. The maximum absolute atomic E-state index is 12.4. The largest absolute Gasteiger partial charge is 0.489 e. The van der Waals surface area contributed by atoms with Crippen molar-refractivity contribution in [3.63, 3.8) is 0 Å². The average Bonchev–Trinajstić information content (AvgIpc) is 2.62. The van der Waals surface area contributed by atoms with E-state index in [9.17, 15) is 4.79 Å². The van der Waals surface area contributed by atoms with Gasteiger partial charge in [-0.15, -0.1) is 0 Å². The standard InChI is InChI=1S/C19H28N2O2/c22-19(9-8-16-5-2-1-3-6-16)21-13-10-17(11-14-21)23-18-7-4-12-20-15-18/h4,7,12,15-17H,1-3,5-6,8-11,13-14H2. The summed E-state index contributed by atoms with van der Waals surface area (Å²) in [6, 6.07) is 3.83. The van der Waals surface area contributed by atoms with Crippen molar-refractivity contribution in [2.45, 2.75) is 63.9 Å². The molecular weight excluding hydrogens is 288 g/mol. The Morgan fingerprint density at radius 3 is 2.65 bits per heavy atom. The smallest absolute Gasteiger partial charge is 0.222 e. The van der Waals surface area contributed by atoms with Gasteiger partial charge in [0.2, 0.25) is 5.91 Å². The Bertz CT molecular complexity index is 477. The van der Waals surface area contributed by atoms with Crippen LogP contribution in [0.15, 0.2) is 24.5 Å². The van der Waals surface area contributed by atoms with Gasteiger partial charge in [-0.25, -0.2) is 0 Å². The summed E-state index contributed by atoms with van der Waals surface area (Å²) in [6.45, 7) is 1.66. The van der Waals surface area contributed by atoms with Gasteiger partial charge in [0.15, 0.2) is 0 Å². The lowest BCUT2D eigenvalue weighted by Crippen LogP contribution is -2.41. The van der Waals surface area contributed by atoms with Crippen molar-refractivity contribution in [2.24, 2.45) is 5.92 Å². The van der Waals surface area contributed by atoms with Crippen molar-refractivity contribution in [3.8, 4) is 5.75 Å². The highest BCUT2D eigenvalue weighted by atomic mass is 16.5. The van der Waals surface area contributed by atoms with Crippen LogP contribution in [-0.4, -0.2) is 35.0 Å². The Balaban J connectivity index is 1.37. The number of nitrogens with zero attached hydrogens (tertiary/aromatic N) is 2. The summed E-state index contributed by atoms with van der Waals surface area (Å²) in [6.07, 6.45) is 14.1. The number of hydrogen-bond acceptors (Lipinski definition) is 3. The Morgan fingerprint density at radius 2 is 1.96 bits per heavy atom. The summed E-state index contributed by atoms with van der Waals surface area (Å²) >= 11 is 0. The third-order valence-electron chi connectivity index (χ3n) is 5.22. The second-order valence-corrected chi connectivity index (χ2v) is 6.93. The zero-order chi connectivity index (χ0) is 15.9. The number of aromatic nitrogens is 1. The maximum atomic E-state index is 12.4. The molecule has 0 spiro atoms. The molecular formula is C19H28N2O2. The van der Waals surface area contributed by atoms with Crippen LogP contribution in [0.2, 0.25) is 0 Å². The molecule has 1 aliphatic carbocycles. The number of likely N-dealkylation sites (tertiary alicyclic amines) is 1. The Labute approximate surface area is 139 Å². The van der Waals surface area contributed by atoms with Gasteiger partial charge in [-0.3, -0.25) is 9.78 Å². The Hall–Kier alpha value is -1.58. The minimum absolute atomic E-state index is 0.210. The van der Waals surface area contributed by atoms with Crippen LogP contribution in [-0.2, 0) is 4.79 Å². The Kier molecular flexibility index (Phi) is 5.89. The van der Waals surface area contributed by atoms with Crippen molar-refractivity contribution in [1.82, 2.24) is 9.88 Å². The molecule has 4 nitrogen and oxygen atoms in total. The van der Waals surface area contributed by atoms with Crippen LogP contribution in [0.5, 0.6) is 5.75 Å². The van der Waals surface area contributed by atoms with Crippen molar-refractivity contribution in [3.05, 3.63) is 24.5 Å². The summed E-state index contributed by atoms with van der Waals surface area (Å²) in [5.41, 5.74) is 0. The lowest BCUT2D eigenvalue weighted by molar-refractivity contribution is -0.133. The van der Waals surface area contributed by atoms with Gasteiger partial charge in [-0.1, -0.05) is 32.1 Å². The molecule has 0 aromatic carbocycles. The first-order chi connectivity index (χ1) is 11.3. The molecule has 1 aliphatic heterocycles. The first kappa shape index (κ1) is 16.3. The third-order valence-corrected chi connectivity index (χ3v) is 5.22. The van der Waals surface area contributed by atoms with Crippen molar-refractivity contribution < 1.29 is 9.53 Å². The molecule has 4 heteroatoms. The minimum atomic E-state index is 0.210. The topological polar surface area (TPSA) is 42.4 Å². The fourth-order valence-electron chi connectivity index (χ4n) is 3.79. The number of carbonyl (C=O) groups excluding carboxylic acids is 1. The predicted molar refractivity (Wildman–Crippen MR) is 90.3 cm³/mol. The first-order valence-corrected chi connectivity index (χ1v) is 9.16. The lowest BCUT2D eigenvalue weighted by atomic mass is 9.86. The maximum Gasteiger partial charge on any atom is 0.222 e. The molecule has 0 unspecified atom stereocenters. The van der Waals surface area contributed by atoms with E-state index in [0.717, 1.165) is 50.4 Å². The molecule has 3 rings (SSSR count). The molecule has 0 bridgehead atoms. The van der Waals surface area contributed by atoms with Gasteiger partial charge >= 0.3 is 0 Å². The molecule has 1 amide bonds. The Morgan fingerprint density at radius 1 is 1.17 bits per heavy atom. The van der Waals surface area contributed by atoms with Crippen LogP contribution in [0, 0.1) is 5.92 Å². The molecule has 0 atom stereocenters. The molecule has 0 radical (unpaired) electrons. The van der Waals surface area contributed by atoms with Crippen LogP contribution in [0.25, 0.3) is 0 Å². The van der Waals surface area contributed by atoms with Crippen LogP contribution in [0.4, 0.5) is 0 Å². The summed E-state index contributed by atoms with van der Waals surface area (Å²) in [4.78, 5) is 18.5. The van der Waals surface area contributed by atoms with Crippen molar-refractivity contribution >= 4 is 5.91 Å². The first-order valence-electron chi connectivity index (χ1n) is 9.16. The van der Waals surface area contributed by atoms with Crippen LogP contribution in [0.1, 0.15) is 57.8 Å². The van der Waals surface area contributed by atoms with Crippen molar-refractivity contribution in [2.75, 3.05) is 13.1 Å². The van der Waals surface area contributed by atoms with Crippen molar-refractivity contribution in [1.29, 1.82) is 0 Å². The van der Waals surface area contributed by atoms with E-state index in [1.54, 1.807) is 12.4 Å². The number of pyridine rings is 1. The van der Waals surface area contributed by atoms with Gasteiger partial charge in [-0.05, 0) is 24.5 Å². The molecule has 2 heterocycles. The van der Waals surface area contributed by atoms with E-state index in [1.807, 2.05) is 17.0 Å². The molecule has 2 fully saturated rings. The highest BCUT2D eigenvalue weighted by Crippen LogP contribution is 2.28. The van der Waals surface area contributed by atoms with Crippen LogP contribution < -0.4 is 4.74 Å². The van der Waals surface area contributed by atoms with E-state index in [2.05, 4.69) is 4.98 Å². The summed E-state index contributed by atoms with van der Waals surface area (Å²) in [5.74, 6) is 1.96. The molecule has 1 aromatic heterocycles. The molecule has 1 aromatic rings. The number of piperidine rings is 1. The highest BCUT2D eigenvalue weighted by molar-refractivity contribution is 5.76. The van der Waals surface area contributed by atoms with E-state index >= 15 is 0 Å². The second kappa shape index (κ2) is 8.32. The SMILES string of the molecule is O=C(CCC1CCCCC1)N1CCC(Oc2cccnc2)CC1. The quantitative estimate of drug-likeness (QED) is 0.829. The second-order valence-electron chi connectivity index (χ2n) is 6.93. The van der Waals surface area contributed by atoms with Gasteiger partial charge in [0, 0.05) is 38.5 Å². The number of rotatable bonds is 5. The van der Waals surface area contributed by atoms with E-state index in [4.69, 9.17) is 4.74 Å². The number of amides is 1. The molecule has 2 aliphatic rings. The zero-order valence-electron chi connectivity index (χ0n) is 14.0. The molecule has 1 saturated carbocycles. The van der Waals surface area contributed by atoms with Gasteiger partial charge in [0.05, 0.1) is 6.20 Å². The van der Waals surface area contributed by atoms with E-state index in [-0.39, 0.29) is 6.10 Å². The van der Waals surface area contributed by atoms with E-state index in [0.29, 0.717) is 5.91 Å². The average molecular weight is 316 g/mol. The summed E-state index contributed by atoms with van der Waals surface area (Å²) < 4.78 is 5.94. The van der Waals surface area contributed by atoms with Gasteiger partial charge in [0.25, 0.3) is 0 Å². The molecule has 0 N–H and O–H groups in total. The lowest BCUT2D eigenvalue weighted by Gasteiger charge is -2.32. The minimum Gasteiger partial charge on any atom is -0.489 e. The number of carbonyl (C=O) groups is 1. The fourth-order valence-corrected chi connectivity index (χ4v) is 3.79.